The van der Waals surface area contributed by atoms with E-state index in [1.807, 2.05) is 4.90 Å². The van der Waals surface area contributed by atoms with Crippen LogP contribution in [-0.2, 0) is 4.79 Å². The molecule has 0 aliphatic carbocycles. The Bertz CT molecular complexity index is 580. The van der Waals surface area contributed by atoms with E-state index in [4.69, 9.17) is 11.6 Å². The van der Waals surface area contributed by atoms with Crippen molar-refractivity contribution in [3.8, 4) is 0 Å². The monoisotopic (exact) mass is 392 g/mol. The number of piperidine rings is 1. The molecule has 0 radical (unpaired) electrons. The van der Waals surface area contributed by atoms with E-state index in [1.165, 1.54) is 38.5 Å². The topological polar surface area (TPSA) is 49.4 Å². The van der Waals surface area contributed by atoms with E-state index in [2.05, 4.69) is 12.2 Å². The molecule has 1 saturated heterocycles. The van der Waals surface area contributed by atoms with Crippen LogP contribution in [0.25, 0.3) is 0 Å². The van der Waals surface area contributed by atoms with E-state index in [1.54, 1.807) is 24.3 Å². The first-order chi connectivity index (χ1) is 13.1. The highest BCUT2D eigenvalue weighted by Crippen LogP contribution is 2.20. The van der Waals surface area contributed by atoms with Crippen LogP contribution < -0.4 is 5.32 Å². The van der Waals surface area contributed by atoms with Gasteiger partial charge in [-0.2, -0.15) is 0 Å². The van der Waals surface area contributed by atoms with Crippen LogP contribution >= 0.6 is 11.6 Å². The van der Waals surface area contributed by atoms with Crippen molar-refractivity contribution in [3.05, 3.63) is 34.9 Å². The molecule has 1 aromatic carbocycles. The van der Waals surface area contributed by atoms with Gasteiger partial charge in [-0.25, -0.2) is 0 Å². The quantitative estimate of drug-likeness (QED) is 0.566. The van der Waals surface area contributed by atoms with E-state index in [-0.39, 0.29) is 17.7 Å². The van der Waals surface area contributed by atoms with Crippen molar-refractivity contribution in [1.82, 2.24) is 10.2 Å². The molecule has 1 heterocycles. The molecular weight excluding hydrogens is 360 g/mol. The zero-order chi connectivity index (χ0) is 19.5. The maximum absolute atomic E-state index is 12.5. The van der Waals surface area contributed by atoms with Crippen LogP contribution in [0, 0.1) is 5.92 Å². The molecule has 0 atom stereocenters. The second-order valence-electron chi connectivity index (χ2n) is 7.49. The Balaban J connectivity index is 1.61. The van der Waals surface area contributed by atoms with Crippen molar-refractivity contribution in [1.29, 1.82) is 0 Å². The third kappa shape index (κ3) is 7.53. The summed E-state index contributed by atoms with van der Waals surface area (Å²) in [6.45, 7) is 4.28. The smallest absolute Gasteiger partial charge is 0.253 e. The van der Waals surface area contributed by atoms with Crippen molar-refractivity contribution in [3.63, 3.8) is 0 Å². The predicted molar refractivity (Wildman–Crippen MR) is 111 cm³/mol. The average Bonchev–Trinajstić information content (AvgIpc) is 2.70. The lowest BCUT2D eigenvalue weighted by molar-refractivity contribution is -0.126. The summed E-state index contributed by atoms with van der Waals surface area (Å²) in [4.78, 5) is 26.7. The van der Waals surface area contributed by atoms with Gasteiger partial charge in [-0.3, -0.25) is 9.59 Å². The molecule has 1 aromatic rings. The second kappa shape index (κ2) is 12.0. The van der Waals surface area contributed by atoms with Gasteiger partial charge < -0.3 is 10.2 Å². The molecule has 1 aliphatic rings. The molecule has 1 aliphatic heterocycles. The number of carbonyl (C=O) groups excluding carboxylic acids is 2. The number of halogens is 1. The third-order valence-corrected chi connectivity index (χ3v) is 5.58. The molecule has 0 bridgehead atoms. The van der Waals surface area contributed by atoms with Crippen LogP contribution in [0.4, 0.5) is 0 Å². The average molecular weight is 393 g/mol. The first-order valence-corrected chi connectivity index (χ1v) is 10.8. The van der Waals surface area contributed by atoms with Gasteiger partial charge in [-0.1, -0.05) is 57.0 Å². The van der Waals surface area contributed by atoms with Crippen molar-refractivity contribution < 1.29 is 9.59 Å². The minimum absolute atomic E-state index is 0.0218. The van der Waals surface area contributed by atoms with Crippen LogP contribution in [0.1, 0.15) is 75.1 Å². The van der Waals surface area contributed by atoms with Crippen molar-refractivity contribution in [2.45, 2.75) is 64.7 Å². The summed E-state index contributed by atoms with van der Waals surface area (Å²) in [7, 11) is 0. The lowest BCUT2D eigenvalue weighted by Gasteiger charge is -2.31. The van der Waals surface area contributed by atoms with Crippen LogP contribution in [-0.4, -0.2) is 36.3 Å². The Kier molecular flexibility index (Phi) is 9.68. The highest BCUT2D eigenvalue weighted by atomic mass is 35.5. The summed E-state index contributed by atoms with van der Waals surface area (Å²) in [6.07, 6.45) is 10.2. The van der Waals surface area contributed by atoms with E-state index in [9.17, 15) is 9.59 Å². The Morgan fingerprint density at radius 2 is 1.59 bits per heavy atom. The Morgan fingerprint density at radius 1 is 1.00 bits per heavy atom. The molecule has 27 heavy (non-hydrogen) atoms. The van der Waals surface area contributed by atoms with E-state index >= 15 is 0 Å². The Morgan fingerprint density at radius 3 is 2.22 bits per heavy atom. The third-order valence-electron chi connectivity index (χ3n) is 5.32. The van der Waals surface area contributed by atoms with Gasteiger partial charge in [0.05, 0.1) is 0 Å². The zero-order valence-corrected chi connectivity index (χ0v) is 17.3. The number of unbranched alkanes of at least 4 members (excludes halogenated alkanes) is 6. The fourth-order valence-electron chi connectivity index (χ4n) is 3.56. The summed E-state index contributed by atoms with van der Waals surface area (Å²) in [5.74, 6) is 0.206. The van der Waals surface area contributed by atoms with Crippen LogP contribution in [0.3, 0.4) is 0 Å². The largest absolute Gasteiger partial charge is 0.356 e. The lowest BCUT2D eigenvalue weighted by Crippen LogP contribution is -2.43. The molecule has 0 spiro atoms. The van der Waals surface area contributed by atoms with Crippen LogP contribution in [0.15, 0.2) is 24.3 Å². The molecule has 2 rings (SSSR count). The number of nitrogens with zero attached hydrogens (tertiary/aromatic N) is 1. The fraction of sp³-hybridized carbons (Fsp3) is 0.636. The molecule has 150 valence electrons. The summed E-state index contributed by atoms with van der Waals surface area (Å²) < 4.78 is 0. The molecule has 0 unspecified atom stereocenters. The molecule has 0 aromatic heterocycles. The van der Waals surface area contributed by atoms with Crippen molar-refractivity contribution in [2.24, 2.45) is 5.92 Å². The number of likely N-dealkylation sites (tertiary alicyclic amines) is 1. The molecule has 0 saturated carbocycles. The number of hydrogen-bond donors (Lipinski definition) is 1. The van der Waals surface area contributed by atoms with Gasteiger partial charge in [-0.15, -0.1) is 0 Å². The van der Waals surface area contributed by atoms with Gasteiger partial charge in [0.25, 0.3) is 5.91 Å². The number of carbonyl (C=O) groups is 2. The van der Waals surface area contributed by atoms with E-state index in [0.717, 1.165) is 25.8 Å². The lowest BCUT2D eigenvalue weighted by atomic mass is 9.95. The Labute approximate surface area is 168 Å². The van der Waals surface area contributed by atoms with Crippen LogP contribution in [0.5, 0.6) is 0 Å². The first kappa shape index (κ1) is 21.7. The second-order valence-corrected chi connectivity index (χ2v) is 7.92. The van der Waals surface area contributed by atoms with Crippen molar-refractivity contribution >= 4 is 23.4 Å². The first-order valence-electron chi connectivity index (χ1n) is 10.4. The highest BCUT2D eigenvalue weighted by molar-refractivity contribution is 6.30. The standard InChI is InChI=1S/C22H33ClN2O2/c1-2-3-4-5-6-7-8-15-24-21(26)18-13-16-25(17-14-18)22(27)19-9-11-20(23)12-10-19/h9-12,18H,2-8,13-17H2,1H3,(H,24,26). The van der Waals surface area contributed by atoms with E-state index < -0.39 is 0 Å². The molecule has 2 amide bonds. The normalized spacial score (nSPS) is 15.0. The van der Waals surface area contributed by atoms with E-state index in [0.29, 0.717) is 23.7 Å². The van der Waals surface area contributed by atoms with Gasteiger partial charge in [-0.05, 0) is 43.5 Å². The number of benzene rings is 1. The SMILES string of the molecule is CCCCCCCCCNC(=O)C1CCN(C(=O)c2ccc(Cl)cc2)CC1. The molecule has 5 heteroatoms. The predicted octanol–water partition coefficient (Wildman–Crippen LogP) is 5.06. The molecular formula is C22H33ClN2O2. The van der Waals surface area contributed by atoms with Crippen LogP contribution in [0.2, 0.25) is 5.02 Å². The van der Waals surface area contributed by atoms with Crippen molar-refractivity contribution in [2.75, 3.05) is 19.6 Å². The van der Waals surface area contributed by atoms with Gasteiger partial charge in [0.1, 0.15) is 0 Å². The molecule has 1 fully saturated rings. The summed E-state index contributed by atoms with van der Waals surface area (Å²) >= 11 is 5.88. The van der Waals surface area contributed by atoms with Gasteiger partial charge in [0.2, 0.25) is 5.91 Å². The Hall–Kier alpha value is -1.55. The zero-order valence-electron chi connectivity index (χ0n) is 16.5. The summed E-state index contributed by atoms with van der Waals surface area (Å²) in [5, 5.41) is 3.71. The molecule has 4 nitrogen and oxygen atoms in total. The summed E-state index contributed by atoms with van der Waals surface area (Å²) in [5.41, 5.74) is 0.654. The highest BCUT2D eigenvalue weighted by Gasteiger charge is 2.27. The van der Waals surface area contributed by atoms with Gasteiger partial charge in [0, 0.05) is 36.1 Å². The fourth-order valence-corrected chi connectivity index (χ4v) is 3.68. The van der Waals surface area contributed by atoms with Gasteiger partial charge >= 0.3 is 0 Å². The molecule has 1 N–H and O–H groups in total. The minimum Gasteiger partial charge on any atom is -0.356 e. The number of hydrogen-bond acceptors (Lipinski definition) is 2. The van der Waals surface area contributed by atoms with Gasteiger partial charge in [0.15, 0.2) is 0 Å². The maximum Gasteiger partial charge on any atom is 0.253 e. The number of rotatable bonds is 10. The maximum atomic E-state index is 12.5. The number of nitrogens with one attached hydrogen (secondary N) is 1. The summed E-state index contributed by atoms with van der Waals surface area (Å²) in [6, 6.07) is 6.98. The minimum atomic E-state index is 0.0218. The number of amides is 2.